The summed E-state index contributed by atoms with van der Waals surface area (Å²) in [5.74, 6) is -4.55. The molecule has 0 saturated heterocycles. The van der Waals surface area contributed by atoms with E-state index in [0.717, 1.165) is 45.0 Å². The number of benzene rings is 4. The van der Waals surface area contributed by atoms with Gasteiger partial charge < -0.3 is 33.9 Å². The number of carbonyl (C=O) groups excluding carboxylic acids is 5. The molecule has 0 saturated carbocycles. The molecule has 1 heterocycles. The van der Waals surface area contributed by atoms with Gasteiger partial charge in [-0.1, -0.05) is 90.6 Å². The van der Waals surface area contributed by atoms with Gasteiger partial charge in [0.25, 0.3) is 0 Å². The van der Waals surface area contributed by atoms with Gasteiger partial charge in [-0.3, -0.25) is 24.0 Å². The fourth-order valence-corrected chi connectivity index (χ4v) is 8.28. The number of azo groups is 1. The van der Waals surface area contributed by atoms with E-state index in [0.29, 0.717) is 34.3 Å². The number of hydrogen-bond donors (Lipinski definition) is 1. The highest BCUT2D eigenvalue weighted by Crippen LogP contribution is 2.60. The summed E-state index contributed by atoms with van der Waals surface area (Å²) in [4.78, 5) is 68.7. The van der Waals surface area contributed by atoms with Gasteiger partial charge in [-0.15, -0.1) is 0 Å². The fraction of sp³-hybridized carbons (Fsp3) is 0.295. The maximum absolute atomic E-state index is 15.6. The minimum atomic E-state index is -1.78. The van der Waals surface area contributed by atoms with Crippen molar-refractivity contribution in [3.8, 4) is 5.75 Å². The van der Waals surface area contributed by atoms with Crippen LogP contribution in [-0.2, 0) is 54.2 Å². The number of ether oxygens (including phenoxy) is 5. The van der Waals surface area contributed by atoms with Crippen molar-refractivity contribution in [3.63, 3.8) is 0 Å². The zero-order valence-corrected chi connectivity index (χ0v) is 34.3. The van der Waals surface area contributed by atoms with E-state index in [2.05, 4.69) is 10.4 Å². The number of nitrogens with zero attached hydrogens (tertiary/aromatic N) is 3. The van der Waals surface area contributed by atoms with E-state index in [9.17, 15) is 19.2 Å². The van der Waals surface area contributed by atoms with Crippen molar-refractivity contribution in [2.45, 2.75) is 57.3 Å². The van der Waals surface area contributed by atoms with E-state index < -0.39 is 65.4 Å². The largest absolute Gasteiger partial charge is 0.497 e. The molecule has 1 aliphatic heterocycles. The van der Waals surface area contributed by atoms with Gasteiger partial charge >= 0.3 is 23.9 Å². The molecule has 0 fully saturated rings. The number of amides is 1. The second-order valence-electron chi connectivity index (χ2n) is 13.5. The van der Waals surface area contributed by atoms with E-state index in [-0.39, 0.29) is 5.70 Å². The highest BCUT2D eigenvalue weighted by atomic mass is 32.2. The van der Waals surface area contributed by atoms with Crippen LogP contribution in [0.4, 0.5) is 11.4 Å². The average Bonchev–Trinajstić information content (AvgIpc) is 3.57. The molecular formula is C44H46N4O10S. The standard InChI is InChI=1S/C44H46N4O10S/c1-28(49)55-27-37(56-29(2)50)40(57-30(3)51)41(58-31(4)52)38-39(47-46-35-20-14-9-15-21-35)42(48(5)26-32-16-10-7-11-17-32)59-44(38,33-18-12-8-13-19-33)43(53)45-34-22-24-36(54-6)25-23-34/h7-25,37-38,40-41H,26-27H2,1-6H3,(H,45,53)/t37-,38+,40+,41+,44-/m1/s1. The third kappa shape index (κ3) is 11.1. The summed E-state index contributed by atoms with van der Waals surface area (Å²) in [5, 5.41) is 13.0. The van der Waals surface area contributed by atoms with Crippen LogP contribution in [0.5, 0.6) is 5.75 Å². The van der Waals surface area contributed by atoms with Crippen molar-refractivity contribution in [1.82, 2.24) is 4.90 Å². The molecule has 5 rings (SSSR count). The first-order valence-electron chi connectivity index (χ1n) is 18.6. The lowest BCUT2D eigenvalue weighted by molar-refractivity contribution is -0.193. The van der Waals surface area contributed by atoms with E-state index >= 15 is 4.79 Å². The molecule has 308 valence electrons. The van der Waals surface area contributed by atoms with Crippen molar-refractivity contribution < 1.29 is 47.7 Å². The summed E-state index contributed by atoms with van der Waals surface area (Å²) in [6.07, 6.45) is -4.83. The Kier molecular flexibility index (Phi) is 15.0. The number of methoxy groups -OCH3 is 1. The highest BCUT2D eigenvalue weighted by Gasteiger charge is 2.63. The molecule has 0 spiro atoms. The summed E-state index contributed by atoms with van der Waals surface area (Å²) in [7, 11) is 3.36. The Labute approximate surface area is 346 Å². The Bertz CT molecular complexity index is 2150. The SMILES string of the molecule is COc1ccc(NC(=O)[C@]2(c3ccccc3)SC(N(C)Cc3ccccc3)=C(N=Nc3ccccc3)[C@H]2[C@H](OC(C)=O)[C@@H](OC(C)=O)[C@@H](COC(C)=O)OC(C)=O)cc1. The summed E-state index contributed by atoms with van der Waals surface area (Å²) < 4.78 is 26.7. The molecule has 4 aromatic carbocycles. The summed E-state index contributed by atoms with van der Waals surface area (Å²) in [6, 6.07) is 34.1. The first-order chi connectivity index (χ1) is 28.3. The molecule has 0 unspecified atom stereocenters. The van der Waals surface area contributed by atoms with Crippen LogP contribution in [-0.4, -0.2) is 73.8 Å². The van der Waals surface area contributed by atoms with E-state index in [1.807, 2.05) is 48.3 Å². The third-order valence-electron chi connectivity index (χ3n) is 9.13. The lowest BCUT2D eigenvalue weighted by atomic mass is 9.76. The van der Waals surface area contributed by atoms with Crippen molar-refractivity contribution in [3.05, 3.63) is 137 Å². The number of esters is 4. The summed E-state index contributed by atoms with van der Waals surface area (Å²) >= 11 is 1.15. The molecule has 1 amide bonds. The highest BCUT2D eigenvalue weighted by molar-refractivity contribution is 8.04. The number of thioether (sulfide) groups is 1. The monoisotopic (exact) mass is 822 g/mol. The maximum atomic E-state index is 15.6. The van der Waals surface area contributed by atoms with Crippen molar-refractivity contribution in [2.24, 2.45) is 16.1 Å². The van der Waals surface area contributed by atoms with Crippen LogP contribution in [0.15, 0.2) is 136 Å². The topological polar surface area (TPSA) is 171 Å². The molecule has 14 nitrogen and oxygen atoms in total. The lowest BCUT2D eigenvalue weighted by Crippen LogP contribution is -2.56. The first kappa shape index (κ1) is 43.6. The molecule has 0 radical (unpaired) electrons. The van der Waals surface area contributed by atoms with E-state index in [1.54, 1.807) is 78.9 Å². The molecule has 0 aliphatic carbocycles. The van der Waals surface area contributed by atoms with Gasteiger partial charge in [0.15, 0.2) is 18.3 Å². The predicted octanol–water partition coefficient (Wildman–Crippen LogP) is 7.34. The molecule has 1 N–H and O–H groups in total. The minimum absolute atomic E-state index is 0.184. The van der Waals surface area contributed by atoms with Crippen LogP contribution in [0.3, 0.4) is 0 Å². The van der Waals surface area contributed by atoms with Crippen LogP contribution in [0.1, 0.15) is 38.8 Å². The van der Waals surface area contributed by atoms with E-state index in [4.69, 9.17) is 28.8 Å². The zero-order valence-electron chi connectivity index (χ0n) is 33.5. The van der Waals surface area contributed by atoms with Crippen molar-refractivity contribution in [2.75, 3.05) is 26.1 Å². The molecule has 4 aromatic rings. The van der Waals surface area contributed by atoms with Crippen molar-refractivity contribution >= 4 is 52.9 Å². The van der Waals surface area contributed by atoms with Crippen molar-refractivity contribution in [1.29, 1.82) is 0 Å². The molecule has 5 atom stereocenters. The van der Waals surface area contributed by atoms with Gasteiger partial charge in [0, 0.05) is 47.0 Å². The summed E-state index contributed by atoms with van der Waals surface area (Å²) in [5.41, 5.74) is 2.46. The number of carbonyl (C=O) groups is 5. The first-order valence-corrected chi connectivity index (χ1v) is 19.4. The van der Waals surface area contributed by atoms with Crippen LogP contribution < -0.4 is 10.1 Å². The third-order valence-corrected chi connectivity index (χ3v) is 10.8. The fourth-order valence-electron chi connectivity index (χ4n) is 6.71. The Balaban J connectivity index is 1.87. The van der Waals surface area contributed by atoms with Gasteiger partial charge in [0.2, 0.25) is 5.91 Å². The Hall–Kier alpha value is -6.48. The smallest absolute Gasteiger partial charge is 0.303 e. The second kappa shape index (κ2) is 20.3. The van der Waals surface area contributed by atoms with Gasteiger partial charge in [0.1, 0.15) is 22.8 Å². The molecule has 15 heteroatoms. The van der Waals surface area contributed by atoms with Gasteiger partial charge in [-0.25, -0.2) is 0 Å². The van der Waals surface area contributed by atoms with Crippen LogP contribution >= 0.6 is 11.8 Å². The molecule has 0 bridgehead atoms. The Morgan fingerprint density at radius 2 is 1.31 bits per heavy atom. The Morgan fingerprint density at radius 1 is 0.729 bits per heavy atom. The number of rotatable bonds is 17. The van der Waals surface area contributed by atoms with Gasteiger partial charge in [-0.05, 0) is 47.5 Å². The maximum Gasteiger partial charge on any atom is 0.303 e. The Morgan fingerprint density at radius 3 is 1.86 bits per heavy atom. The quantitative estimate of drug-likeness (QED) is 0.0640. The molecule has 0 aromatic heterocycles. The van der Waals surface area contributed by atoms with E-state index in [1.165, 1.54) is 7.11 Å². The second-order valence-corrected chi connectivity index (χ2v) is 14.8. The normalized spacial score (nSPS) is 17.6. The van der Waals surface area contributed by atoms with Gasteiger partial charge in [-0.2, -0.15) is 10.2 Å². The van der Waals surface area contributed by atoms with Crippen LogP contribution in [0, 0.1) is 5.92 Å². The molecular weight excluding hydrogens is 777 g/mol. The number of nitrogens with one attached hydrogen (secondary N) is 1. The minimum Gasteiger partial charge on any atom is -0.497 e. The number of hydrogen-bond acceptors (Lipinski definition) is 14. The lowest BCUT2D eigenvalue weighted by Gasteiger charge is -2.41. The predicted molar refractivity (Wildman–Crippen MR) is 220 cm³/mol. The van der Waals surface area contributed by atoms with Gasteiger partial charge in [0.05, 0.1) is 23.7 Å². The molecule has 1 aliphatic rings. The zero-order chi connectivity index (χ0) is 42.5. The van der Waals surface area contributed by atoms with Crippen LogP contribution in [0.25, 0.3) is 0 Å². The number of anilines is 1. The molecule has 59 heavy (non-hydrogen) atoms. The van der Waals surface area contributed by atoms with Crippen LogP contribution in [0.2, 0.25) is 0 Å². The summed E-state index contributed by atoms with van der Waals surface area (Å²) in [6.45, 7) is 4.33. The average molecular weight is 823 g/mol.